The second kappa shape index (κ2) is 11.9. The number of rotatable bonds is 10. The molecule has 3 atom stereocenters. The van der Waals surface area contributed by atoms with Crippen molar-refractivity contribution >= 4 is 11.8 Å². The average Bonchev–Trinajstić information content (AvgIpc) is 3.49. The van der Waals surface area contributed by atoms with Gasteiger partial charge in [-0.05, 0) is 75.4 Å². The number of aromatic nitrogens is 3. The smallest absolute Gasteiger partial charge is 0.251 e. The lowest BCUT2D eigenvalue weighted by Gasteiger charge is -2.32. The zero-order valence-electron chi connectivity index (χ0n) is 21.8. The van der Waals surface area contributed by atoms with Crippen molar-refractivity contribution in [2.24, 2.45) is 0 Å². The fourth-order valence-corrected chi connectivity index (χ4v) is 5.11. The summed E-state index contributed by atoms with van der Waals surface area (Å²) in [5.41, 5.74) is 3.92. The van der Waals surface area contributed by atoms with E-state index >= 15 is 0 Å². The number of piperidine rings is 1. The summed E-state index contributed by atoms with van der Waals surface area (Å²) in [6.07, 6.45) is 6.56. The maximum absolute atomic E-state index is 13.4. The van der Waals surface area contributed by atoms with E-state index in [0.717, 1.165) is 25.1 Å². The van der Waals surface area contributed by atoms with Gasteiger partial charge in [0.1, 0.15) is 6.04 Å². The number of aryl methyl sites for hydroxylation is 1. The van der Waals surface area contributed by atoms with Crippen molar-refractivity contribution in [1.82, 2.24) is 30.5 Å². The van der Waals surface area contributed by atoms with Crippen LogP contribution in [0.5, 0.6) is 0 Å². The van der Waals surface area contributed by atoms with Crippen molar-refractivity contribution < 1.29 is 14.7 Å². The Hall–Kier alpha value is -3.56. The van der Waals surface area contributed by atoms with Gasteiger partial charge in [-0.25, -0.2) is 4.68 Å². The highest BCUT2D eigenvalue weighted by molar-refractivity contribution is 5.97. The summed E-state index contributed by atoms with van der Waals surface area (Å²) in [5, 5.41) is 24.2. The van der Waals surface area contributed by atoms with Crippen molar-refractivity contribution in [3.63, 3.8) is 0 Å². The Balaban J connectivity index is 1.16. The number of aliphatic hydroxyl groups is 1. The van der Waals surface area contributed by atoms with E-state index in [1.807, 2.05) is 0 Å². The Bertz CT molecular complexity index is 1200. The van der Waals surface area contributed by atoms with Gasteiger partial charge < -0.3 is 20.6 Å². The number of amides is 2. The van der Waals surface area contributed by atoms with E-state index in [-0.39, 0.29) is 17.9 Å². The van der Waals surface area contributed by atoms with Gasteiger partial charge in [-0.2, -0.15) is 0 Å². The minimum Gasteiger partial charge on any atom is -0.393 e. The van der Waals surface area contributed by atoms with Crippen LogP contribution in [-0.2, 0) is 4.79 Å². The topological polar surface area (TPSA) is 112 Å². The van der Waals surface area contributed by atoms with E-state index < -0.39 is 6.04 Å². The normalized spacial score (nSPS) is 20.2. The van der Waals surface area contributed by atoms with Crippen LogP contribution in [0.25, 0.3) is 5.69 Å². The number of hydrogen-bond donors (Lipinski definition) is 3. The molecule has 1 aliphatic heterocycles. The molecular weight excluding hydrogens is 480 g/mol. The predicted octanol–water partition coefficient (Wildman–Crippen LogP) is 2.58. The number of aliphatic hydroxyl groups excluding tert-OH is 1. The molecule has 0 spiro atoms. The zero-order valence-corrected chi connectivity index (χ0v) is 21.8. The minimum atomic E-state index is -0.610. The standard InChI is InChI=1S/C29H36N6O3/c1-20-4-6-21(7-5-20)25-19-27(25)30-14-2-3-26(29(38)34-16-12-24(36)13-17-34)32-28(37)22-8-10-23(11-9-22)35-18-15-31-33-35/h4-11,15,18,24-27,30,36H,2-3,12-14,16-17,19H2,1H3,(H,32,37)/t25-,26-,27+/m0/s1. The number of likely N-dealkylation sites (tertiary alicyclic amines) is 1. The van der Waals surface area contributed by atoms with Gasteiger partial charge in [0.15, 0.2) is 0 Å². The quantitative estimate of drug-likeness (QED) is 0.357. The van der Waals surface area contributed by atoms with Crippen LogP contribution < -0.4 is 10.6 Å². The molecule has 2 amide bonds. The molecule has 9 nitrogen and oxygen atoms in total. The molecule has 1 saturated carbocycles. The molecule has 3 N–H and O–H groups in total. The lowest BCUT2D eigenvalue weighted by molar-refractivity contribution is -0.135. The number of nitrogens with one attached hydrogen (secondary N) is 2. The van der Waals surface area contributed by atoms with Crippen LogP contribution in [0.1, 0.15) is 59.5 Å². The Morgan fingerprint density at radius 2 is 1.82 bits per heavy atom. The summed E-state index contributed by atoms with van der Waals surface area (Å²) in [6, 6.07) is 15.6. The molecule has 5 rings (SSSR count). The molecule has 2 heterocycles. The Kier molecular flexibility index (Phi) is 8.14. The first-order valence-electron chi connectivity index (χ1n) is 13.5. The molecule has 0 radical (unpaired) electrons. The molecule has 200 valence electrons. The summed E-state index contributed by atoms with van der Waals surface area (Å²) in [5.74, 6) is 0.196. The average molecular weight is 517 g/mol. The Labute approximate surface area is 223 Å². The first kappa shape index (κ1) is 26.1. The number of benzene rings is 2. The van der Waals surface area contributed by atoms with Gasteiger partial charge in [0.2, 0.25) is 5.91 Å². The SMILES string of the molecule is Cc1ccc([C@@H]2C[C@H]2NCCC[C@H](NC(=O)c2ccc(-n3ccnn3)cc2)C(=O)N2CCC(O)CC2)cc1. The van der Waals surface area contributed by atoms with Crippen molar-refractivity contribution in [2.75, 3.05) is 19.6 Å². The van der Waals surface area contributed by atoms with Gasteiger partial charge in [-0.3, -0.25) is 9.59 Å². The molecule has 1 saturated heterocycles. The zero-order chi connectivity index (χ0) is 26.5. The van der Waals surface area contributed by atoms with Crippen LogP contribution in [0.15, 0.2) is 60.9 Å². The molecule has 0 bridgehead atoms. The molecule has 9 heteroatoms. The van der Waals surface area contributed by atoms with Crippen LogP contribution >= 0.6 is 0 Å². The van der Waals surface area contributed by atoms with Gasteiger partial charge in [-0.15, -0.1) is 5.10 Å². The van der Waals surface area contributed by atoms with Gasteiger partial charge in [0.05, 0.1) is 24.2 Å². The molecule has 1 aliphatic carbocycles. The lowest BCUT2D eigenvalue weighted by Crippen LogP contribution is -2.51. The Morgan fingerprint density at radius 3 is 2.50 bits per heavy atom. The first-order chi connectivity index (χ1) is 18.5. The van der Waals surface area contributed by atoms with Gasteiger partial charge in [0.25, 0.3) is 5.91 Å². The highest BCUT2D eigenvalue weighted by Crippen LogP contribution is 2.40. The summed E-state index contributed by atoms with van der Waals surface area (Å²) in [6.45, 7) is 3.91. The summed E-state index contributed by atoms with van der Waals surface area (Å²) < 4.78 is 1.62. The largest absolute Gasteiger partial charge is 0.393 e. The van der Waals surface area contributed by atoms with Gasteiger partial charge >= 0.3 is 0 Å². The number of hydrogen-bond acceptors (Lipinski definition) is 6. The molecular formula is C29H36N6O3. The monoisotopic (exact) mass is 516 g/mol. The van der Waals surface area contributed by atoms with Crippen LogP contribution in [0.4, 0.5) is 0 Å². The molecule has 1 aromatic heterocycles. The van der Waals surface area contributed by atoms with Crippen molar-refractivity contribution in [2.45, 2.75) is 63.1 Å². The van der Waals surface area contributed by atoms with Crippen LogP contribution in [0.2, 0.25) is 0 Å². The number of carbonyl (C=O) groups is 2. The van der Waals surface area contributed by atoms with Crippen LogP contribution in [0.3, 0.4) is 0 Å². The maximum Gasteiger partial charge on any atom is 0.251 e. The molecule has 2 aromatic carbocycles. The highest BCUT2D eigenvalue weighted by Gasteiger charge is 2.37. The summed E-state index contributed by atoms with van der Waals surface area (Å²) >= 11 is 0. The summed E-state index contributed by atoms with van der Waals surface area (Å²) in [7, 11) is 0. The van der Waals surface area contributed by atoms with E-state index in [1.165, 1.54) is 11.1 Å². The number of carbonyl (C=O) groups excluding carboxylic acids is 2. The van der Waals surface area contributed by atoms with Gasteiger partial charge in [0, 0.05) is 30.6 Å². The summed E-state index contributed by atoms with van der Waals surface area (Å²) in [4.78, 5) is 28.2. The third-order valence-corrected chi connectivity index (χ3v) is 7.57. The van der Waals surface area contributed by atoms with E-state index in [2.05, 4.69) is 52.1 Å². The molecule has 0 unspecified atom stereocenters. The Morgan fingerprint density at radius 1 is 1.08 bits per heavy atom. The second-order valence-electron chi connectivity index (χ2n) is 10.4. The van der Waals surface area contributed by atoms with Crippen molar-refractivity contribution in [3.8, 4) is 5.69 Å². The van der Waals surface area contributed by atoms with Crippen molar-refractivity contribution in [3.05, 3.63) is 77.6 Å². The van der Waals surface area contributed by atoms with Gasteiger partial charge in [-0.1, -0.05) is 35.0 Å². The van der Waals surface area contributed by atoms with Crippen LogP contribution in [-0.4, -0.2) is 74.6 Å². The lowest BCUT2D eigenvalue weighted by atomic mass is 10.0. The third-order valence-electron chi connectivity index (χ3n) is 7.57. The highest BCUT2D eigenvalue weighted by atomic mass is 16.3. The minimum absolute atomic E-state index is 0.0755. The molecule has 38 heavy (non-hydrogen) atoms. The van der Waals surface area contributed by atoms with Crippen molar-refractivity contribution in [1.29, 1.82) is 0 Å². The van der Waals surface area contributed by atoms with Crippen LogP contribution in [0, 0.1) is 6.92 Å². The molecule has 2 fully saturated rings. The van der Waals surface area contributed by atoms with E-state index in [9.17, 15) is 14.7 Å². The first-order valence-corrected chi connectivity index (χ1v) is 13.5. The third kappa shape index (κ3) is 6.46. The van der Waals surface area contributed by atoms with E-state index in [4.69, 9.17) is 0 Å². The second-order valence-corrected chi connectivity index (χ2v) is 10.4. The fourth-order valence-electron chi connectivity index (χ4n) is 5.11. The maximum atomic E-state index is 13.4. The predicted molar refractivity (Wildman–Crippen MR) is 144 cm³/mol. The molecule has 3 aromatic rings. The van der Waals surface area contributed by atoms with E-state index in [0.29, 0.717) is 49.9 Å². The number of nitrogens with zero attached hydrogens (tertiary/aromatic N) is 4. The molecule has 2 aliphatic rings. The van der Waals surface area contributed by atoms with E-state index in [1.54, 1.807) is 46.2 Å². The fraction of sp³-hybridized carbons (Fsp3) is 0.448.